The zero-order chi connectivity index (χ0) is 17.0. The topological polar surface area (TPSA) is 58.2 Å². The van der Waals surface area contributed by atoms with Crippen molar-refractivity contribution in [2.75, 3.05) is 14.1 Å². The minimum atomic E-state index is -0.245. The third kappa shape index (κ3) is 9.06. The molecule has 130 valence electrons. The average Bonchev–Trinajstić information content (AvgIpc) is 2.51. The predicted octanol–water partition coefficient (Wildman–Crippen LogP) is 3.65. The van der Waals surface area contributed by atoms with Crippen LogP contribution in [0.5, 0.6) is 0 Å². The molecule has 0 bridgehead atoms. The third-order valence-electron chi connectivity index (χ3n) is 4.47. The van der Waals surface area contributed by atoms with E-state index in [1.807, 2.05) is 20.8 Å². The number of hydrogen-bond acceptors (Lipinski definition) is 2. The fraction of sp³-hybridized carbons (Fsp3) is 0.889. The Balaban J connectivity index is 3.48. The Morgan fingerprint density at radius 3 is 1.86 bits per heavy atom. The summed E-state index contributed by atoms with van der Waals surface area (Å²) >= 11 is 0. The van der Waals surface area contributed by atoms with Crippen molar-refractivity contribution < 1.29 is 9.59 Å². The number of unbranched alkanes of at least 4 members (excludes halogenated alkanes) is 6. The highest BCUT2D eigenvalue weighted by atomic mass is 16.2. The van der Waals surface area contributed by atoms with Crippen LogP contribution >= 0.6 is 0 Å². The van der Waals surface area contributed by atoms with Gasteiger partial charge in [-0.1, -0.05) is 65.7 Å². The summed E-state index contributed by atoms with van der Waals surface area (Å²) in [5.74, 6) is 0.424. The minimum Gasteiger partial charge on any atom is -0.359 e. The van der Waals surface area contributed by atoms with Crippen LogP contribution in [0.25, 0.3) is 0 Å². The van der Waals surface area contributed by atoms with Gasteiger partial charge < -0.3 is 10.6 Å². The molecule has 0 aliphatic heterocycles. The van der Waals surface area contributed by atoms with E-state index >= 15 is 0 Å². The predicted molar refractivity (Wildman–Crippen MR) is 92.6 cm³/mol. The summed E-state index contributed by atoms with van der Waals surface area (Å²) in [5.41, 5.74) is -0.245. The van der Waals surface area contributed by atoms with E-state index in [4.69, 9.17) is 0 Å². The lowest BCUT2D eigenvalue weighted by Gasteiger charge is -2.22. The van der Waals surface area contributed by atoms with E-state index in [2.05, 4.69) is 10.6 Å². The molecule has 0 rings (SSSR count). The van der Waals surface area contributed by atoms with Crippen LogP contribution in [0.2, 0.25) is 0 Å². The van der Waals surface area contributed by atoms with E-state index < -0.39 is 0 Å². The summed E-state index contributed by atoms with van der Waals surface area (Å²) in [7, 11) is 3.40. The third-order valence-corrected chi connectivity index (χ3v) is 4.47. The Hall–Kier alpha value is -1.06. The summed E-state index contributed by atoms with van der Waals surface area (Å²) < 4.78 is 0. The first kappa shape index (κ1) is 20.9. The van der Waals surface area contributed by atoms with Crippen LogP contribution < -0.4 is 10.6 Å². The summed E-state index contributed by atoms with van der Waals surface area (Å²) in [5, 5.41) is 5.43. The van der Waals surface area contributed by atoms with Crippen LogP contribution in [0.15, 0.2) is 0 Å². The van der Waals surface area contributed by atoms with Crippen molar-refractivity contribution in [3.63, 3.8) is 0 Å². The number of rotatable bonds is 12. The molecule has 0 aliphatic rings. The summed E-state index contributed by atoms with van der Waals surface area (Å²) in [4.78, 5) is 23.0. The molecule has 2 N–H and O–H groups in total. The van der Waals surface area contributed by atoms with Gasteiger partial charge in [0.1, 0.15) is 0 Å². The molecule has 1 atom stereocenters. The quantitative estimate of drug-likeness (QED) is 0.540. The number of hydrogen-bond donors (Lipinski definition) is 2. The second-order valence-electron chi connectivity index (χ2n) is 6.99. The van der Waals surface area contributed by atoms with Gasteiger partial charge in [0.25, 0.3) is 0 Å². The van der Waals surface area contributed by atoms with E-state index in [9.17, 15) is 9.59 Å². The molecule has 0 radical (unpaired) electrons. The second kappa shape index (κ2) is 11.5. The Labute approximate surface area is 136 Å². The van der Waals surface area contributed by atoms with Gasteiger partial charge >= 0.3 is 0 Å². The number of amides is 2. The Bertz CT molecular complexity index is 327. The fourth-order valence-corrected chi connectivity index (χ4v) is 2.73. The van der Waals surface area contributed by atoms with E-state index in [1.54, 1.807) is 14.1 Å². The number of carbonyl (C=O) groups excluding carboxylic acids is 2. The molecule has 0 saturated heterocycles. The van der Waals surface area contributed by atoms with Gasteiger partial charge in [0.2, 0.25) is 11.8 Å². The van der Waals surface area contributed by atoms with Crippen LogP contribution in [0.3, 0.4) is 0 Å². The van der Waals surface area contributed by atoms with Gasteiger partial charge in [-0.05, 0) is 12.8 Å². The first-order valence-electron chi connectivity index (χ1n) is 8.79. The largest absolute Gasteiger partial charge is 0.359 e. The van der Waals surface area contributed by atoms with Crippen LogP contribution in [-0.2, 0) is 9.59 Å². The molecule has 0 saturated carbocycles. The maximum absolute atomic E-state index is 11.7. The molecule has 4 nitrogen and oxygen atoms in total. The van der Waals surface area contributed by atoms with Gasteiger partial charge in [0.15, 0.2) is 0 Å². The van der Waals surface area contributed by atoms with E-state index in [0.717, 1.165) is 25.7 Å². The monoisotopic (exact) mass is 312 g/mol. The lowest BCUT2D eigenvalue weighted by atomic mass is 9.86. The Kier molecular flexibility index (Phi) is 10.9. The SMILES string of the molecule is CNC(=O)C(C)CCCCCCCCCC(C)(C)C(=O)NC. The Morgan fingerprint density at radius 1 is 0.864 bits per heavy atom. The number of carbonyl (C=O) groups is 2. The van der Waals surface area contributed by atoms with Crippen molar-refractivity contribution in [3.8, 4) is 0 Å². The molecule has 0 aromatic rings. The van der Waals surface area contributed by atoms with Crippen LogP contribution in [0, 0.1) is 11.3 Å². The fourth-order valence-electron chi connectivity index (χ4n) is 2.73. The molecule has 0 heterocycles. The highest BCUT2D eigenvalue weighted by Gasteiger charge is 2.25. The lowest BCUT2D eigenvalue weighted by molar-refractivity contribution is -0.129. The molecule has 0 aromatic heterocycles. The molecule has 1 unspecified atom stereocenters. The minimum absolute atomic E-state index is 0.136. The summed E-state index contributed by atoms with van der Waals surface area (Å²) in [6.45, 7) is 6.02. The van der Waals surface area contributed by atoms with Crippen molar-refractivity contribution in [1.29, 1.82) is 0 Å². The second-order valence-corrected chi connectivity index (χ2v) is 6.99. The summed E-state index contributed by atoms with van der Waals surface area (Å²) in [6, 6.07) is 0. The van der Waals surface area contributed by atoms with Crippen molar-refractivity contribution in [2.24, 2.45) is 11.3 Å². The lowest BCUT2D eigenvalue weighted by Crippen LogP contribution is -2.34. The molecule has 0 aliphatic carbocycles. The smallest absolute Gasteiger partial charge is 0.225 e. The van der Waals surface area contributed by atoms with E-state index in [0.29, 0.717) is 0 Å². The zero-order valence-electron chi connectivity index (χ0n) is 15.3. The van der Waals surface area contributed by atoms with E-state index in [-0.39, 0.29) is 23.1 Å². The molecule has 2 amide bonds. The zero-order valence-corrected chi connectivity index (χ0v) is 15.3. The summed E-state index contributed by atoms with van der Waals surface area (Å²) in [6.07, 6.45) is 10.4. The van der Waals surface area contributed by atoms with Gasteiger partial charge in [-0.25, -0.2) is 0 Å². The first-order chi connectivity index (χ1) is 10.3. The molecular weight excluding hydrogens is 276 g/mol. The standard InChI is InChI=1S/C18H36N2O2/c1-15(16(21)19-4)13-11-9-7-6-8-10-12-14-18(2,3)17(22)20-5/h15H,6-14H2,1-5H3,(H,19,21)(H,20,22). The van der Waals surface area contributed by atoms with Crippen LogP contribution in [0.4, 0.5) is 0 Å². The van der Waals surface area contributed by atoms with Crippen molar-refractivity contribution in [2.45, 2.75) is 78.6 Å². The van der Waals surface area contributed by atoms with Crippen LogP contribution in [0.1, 0.15) is 78.6 Å². The molecule has 0 aromatic carbocycles. The van der Waals surface area contributed by atoms with Gasteiger partial charge in [-0.3, -0.25) is 9.59 Å². The highest BCUT2D eigenvalue weighted by molar-refractivity contribution is 5.81. The average molecular weight is 312 g/mol. The van der Waals surface area contributed by atoms with Gasteiger partial charge in [0.05, 0.1) is 0 Å². The highest BCUT2D eigenvalue weighted by Crippen LogP contribution is 2.24. The van der Waals surface area contributed by atoms with E-state index in [1.165, 1.54) is 32.1 Å². The molecule has 22 heavy (non-hydrogen) atoms. The maximum atomic E-state index is 11.7. The molecule has 0 fully saturated rings. The molecule has 4 heteroatoms. The van der Waals surface area contributed by atoms with Crippen molar-refractivity contribution in [1.82, 2.24) is 10.6 Å². The van der Waals surface area contributed by atoms with Gasteiger partial charge in [-0.15, -0.1) is 0 Å². The van der Waals surface area contributed by atoms with Crippen LogP contribution in [-0.4, -0.2) is 25.9 Å². The first-order valence-corrected chi connectivity index (χ1v) is 8.79. The van der Waals surface area contributed by atoms with Crippen molar-refractivity contribution in [3.05, 3.63) is 0 Å². The Morgan fingerprint density at radius 2 is 1.36 bits per heavy atom. The number of nitrogens with one attached hydrogen (secondary N) is 2. The van der Waals surface area contributed by atoms with Gasteiger partial charge in [0, 0.05) is 25.4 Å². The van der Waals surface area contributed by atoms with Crippen molar-refractivity contribution >= 4 is 11.8 Å². The van der Waals surface area contributed by atoms with Gasteiger partial charge in [-0.2, -0.15) is 0 Å². The molecule has 0 spiro atoms. The maximum Gasteiger partial charge on any atom is 0.225 e. The normalized spacial score (nSPS) is 12.8. The molecular formula is C18H36N2O2.